The van der Waals surface area contributed by atoms with Gasteiger partial charge in [-0.25, -0.2) is 9.78 Å². The highest BCUT2D eigenvalue weighted by molar-refractivity contribution is 7.17. The summed E-state index contributed by atoms with van der Waals surface area (Å²) in [5, 5.41) is 3.42. The first-order valence-electron chi connectivity index (χ1n) is 12.6. The Morgan fingerprint density at radius 1 is 1.11 bits per heavy atom. The predicted octanol–water partition coefficient (Wildman–Crippen LogP) is 4.05. The summed E-state index contributed by atoms with van der Waals surface area (Å²) >= 11 is 1.77. The van der Waals surface area contributed by atoms with E-state index >= 15 is 0 Å². The van der Waals surface area contributed by atoms with E-state index in [0.717, 1.165) is 44.7 Å². The highest BCUT2D eigenvalue weighted by Crippen LogP contribution is 2.34. The average Bonchev–Trinajstić information content (AvgIpc) is 3.49. The maximum absolute atomic E-state index is 13.2. The van der Waals surface area contributed by atoms with Gasteiger partial charge in [-0.15, -0.1) is 11.3 Å². The van der Waals surface area contributed by atoms with Gasteiger partial charge in [-0.05, 0) is 71.5 Å². The lowest BCUT2D eigenvalue weighted by atomic mass is 9.98. The molecule has 6 rings (SSSR count). The minimum Gasteiger partial charge on any atom is -0.465 e. The number of piperazine rings is 1. The van der Waals surface area contributed by atoms with Gasteiger partial charge in [0.15, 0.2) is 0 Å². The molecule has 2 aromatic heterocycles. The van der Waals surface area contributed by atoms with Crippen LogP contribution in [-0.2, 0) is 9.53 Å². The number of ether oxygens (including phenoxy) is 1. The Balaban J connectivity index is 1.06. The molecule has 3 aliphatic rings. The van der Waals surface area contributed by atoms with Crippen LogP contribution in [0.2, 0.25) is 0 Å². The fourth-order valence-electron chi connectivity index (χ4n) is 5.89. The molecule has 0 N–H and O–H groups in total. The quantitative estimate of drug-likeness (QED) is 0.491. The van der Waals surface area contributed by atoms with Crippen LogP contribution >= 0.6 is 11.3 Å². The molecular formula is C28H30N4O3S. The summed E-state index contributed by atoms with van der Waals surface area (Å²) in [6.07, 6.45) is 6.90. The Bertz CT molecular complexity index is 1300. The second-order valence-electron chi connectivity index (χ2n) is 9.88. The molecule has 7 nitrogen and oxygen atoms in total. The summed E-state index contributed by atoms with van der Waals surface area (Å²) in [5.74, 6) is 0.742. The van der Waals surface area contributed by atoms with Gasteiger partial charge in [-0.2, -0.15) is 0 Å². The van der Waals surface area contributed by atoms with Gasteiger partial charge in [-0.1, -0.05) is 12.1 Å². The van der Waals surface area contributed by atoms with Crippen LogP contribution in [0.1, 0.15) is 35.2 Å². The zero-order valence-electron chi connectivity index (χ0n) is 20.4. The fourth-order valence-corrected chi connectivity index (χ4v) is 6.66. The van der Waals surface area contributed by atoms with E-state index < -0.39 is 0 Å². The van der Waals surface area contributed by atoms with Gasteiger partial charge in [0.25, 0.3) is 0 Å². The van der Waals surface area contributed by atoms with E-state index in [1.54, 1.807) is 23.6 Å². The third kappa shape index (κ3) is 4.40. The van der Waals surface area contributed by atoms with Crippen molar-refractivity contribution in [2.75, 3.05) is 44.7 Å². The van der Waals surface area contributed by atoms with Gasteiger partial charge < -0.3 is 14.5 Å². The number of carbonyl (C=O) groups excluding carboxylic acids is 2. The molecule has 1 aromatic carbocycles. The van der Waals surface area contributed by atoms with Crippen molar-refractivity contribution in [2.24, 2.45) is 0 Å². The van der Waals surface area contributed by atoms with Crippen LogP contribution in [0.5, 0.6) is 0 Å². The van der Waals surface area contributed by atoms with E-state index in [9.17, 15) is 9.59 Å². The molecule has 2 atom stereocenters. The summed E-state index contributed by atoms with van der Waals surface area (Å²) in [6.45, 7) is 3.64. The Morgan fingerprint density at radius 3 is 2.64 bits per heavy atom. The highest BCUT2D eigenvalue weighted by Gasteiger charge is 2.41. The van der Waals surface area contributed by atoms with E-state index in [4.69, 9.17) is 4.74 Å². The summed E-state index contributed by atoms with van der Waals surface area (Å²) in [6, 6.07) is 13.2. The molecule has 3 aromatic rings. The van der Waals surface area contributed by atoms with Crippen molar-refractivity contribution in [1.82, 2.24) is 14.8 Å². The summed E-state index contributed by atoms with van der Waals surface area (Å²) in [4.78, 5) is 36.1. The molecule has 1 amide bonds. The standard InChI is InChI=1S/C28H30N4O3S/c1-35-28(34)22-3-7-26(29-15-22)32-23-4-5-24(32)17-30(16-23)18-27(33)31-11-8-19(9-12-31)20-2-6-25-21(14-20)10-13-36-25/h2-3,6-8,10,13-15,23-24H,4-5,9,11-12,16-18H2,1H3. The second-order valence-corrected chi connectivity index (χ2v) is 10.8. The SMILES string of the molecule is COC(=O)c1ccc(N2C3CCC2CN(CC(=O)N2CC=C(c4ccc5sccc5c4)CC2)C3)nc1. The normalized spacial score (nSPS) is 22.1. The van der Waals surface area contributed by atoms with Gasteiger partial charge in [-0.3, -0.25) is 9.69 Å². The number of hydrogen-bond acceptors (Lipinski definition) is 7. The molecule has 3 aliphatic heterocycles. The van der Waals surface area contributed by atoms with E-state index in [1.807, 2.05) is 11.0 Å². The number of hydrogen-bond donors (Lipinski definition) is 0. The number of rotatable bonds is 5. The van der Waals surface area contributed by atoms with E-state index in [1.165, 1.54) is 28.3 Å². The molecule has 186 valence electrons. The number of anilines is 1. The highest BCUT2D eigenvalue weighted by atomic mass is 32.1. The van der Waals surface area contributed by atoms with Crippen molar-refractivity contribution in [3.8, 4) is 0 Å². The van der Waals surface area contributed by atoms with Crippen LogP contribution in [0, 0.1) is 0 Å². The van der Waals surface area contributed by atoms with Crippen LogP contribution in [0.15, 0.2) is 54.1 Å². The molecule has 8 heteroatoms. The number of amides is 1. The Labute approximate surface area is 215 Å². The van der Waals surface area contributed by atoms with Crippen LogP contribution < -0.4 is 4.90 Å². The molecule has 2 unspecified atom stereocenters. The lowest BCUT2D eigenvalue weighted by molar-refractivity contribution is -0.132. The molecule has 0 aliphatic carbocycles. The van der Waals surface area contributed by atoms with Crippen molar-refractivity contribution in [3.05, 3.63) is 65.2 Å². The predicted molar refractivity (Wildman–Crippen MR) is 142 cm³/mol. The lowest BCUT2D eigenvalue weighted by Gasteiger charge is -2.42. The van der Waals surface area contributed by atoms with Gasteiger partial charge in [0.1, 0.15) is 5.82 Å². The van der Waals surface area contributed by atoms with Crippen molar-refractivity contribution in [2.45, 2.75) is 31.3 Å². The molecule has 36 heavy (non-hydrogen) atoms. The molecule has 0 radical (unpaired) electrons. The molecule has 0 saturated carbocycles. The zero-order chi connectivity index (χ0) is 24.6. The van der Waals surface area contributed by atoms with E-state index in [-0.39, 0.29) is 11.9 Å². The fraction of sp³-hybridized carbons (Fsp3) is 0.393. The Kier molecular flexibility index (Phi) is 6.23. The minimum absolute atomic E-state index is 0.215. The smallest absolute Gasteiger partial charge is 0.339 e. The molecule has 2 saturated heterocycles. The van der Waals surface area contributed by atoms with Gasteiger partial charge >= 0.3 is 5.97 Å². The van der Waals surface area contributed by atoms with Crippen molar-refractivity contribution in [3.63, 3.8) is 0 Å². The number of carbonyl (C=O) groups is 2. The summed E-state index contributed by atoms with van der Waals surface area (Å²) in [7, 11) is 1.38. The van der Waals surface area contributed by atoms with Gasteiger partial charge in [0.05, 0.1) is 19.2 Å². The lowest BCUT2D eigenvalue weighted by Crippen LogP contribution is -2.56. The molecule has 2 bridgehead atoms. The number of likely N-dealkylation sites (tertiary alicyclic amines) is 1. The first-order chi connectivity index (χ1) is 17.6. The number of thiophene rings is 1. The first-order valence-corrected chi connectivity index (χ1v) is 13.5. The Hall–Kier alpha value is -3.23. The number of pyridine rings is 1. The monoisotopic (exact) mass is 502 g/mol. The number of aromatic nitrogens is 1. The Morgan fingerprint density at radius 2 is 1.94 bits per heavy atom. The van der Waals surface area contributed by atoms with Crippen LogP contribution in [-0.4, -0.2) is 78.6 Å². The number of benzene rings is 1. The van der Waals surface area contributed by atoms with E-state index in [2.05, 4.69) is 50.5 Å². The molecule has 2 fully saturated rings. The first kappa shape index (κ1) is 23.2. The van der Waals surface area contributed by atoms with Crippen molar-refractivity contribution < 1.29 is 14.3 Å². The number of esters is 1. The van der Waals surface area contributed by atoms with Crippen molar-refractivity contribution in [1.29, 1.82) is 0 Å². The topological polar surface area (TPSA) is 66.0 Å². The third-order valence-corrected chi connectivity index (χ3v) is 8.63. The van der Waals surface area contributed by atoms with Crippen molar-refractivity contribution >= 4 is 44.7 Å². The molecule has 0 spiro atoms. The minimum atomic E-state index is -0.372. The van der Waals surface area contributed by atoms with Crippen LogP contribution in [0.25, 0.3) is 15.7 Å². The third-order valence-electron chi connectivity index (χ3n) is 7.74. The molecule has 5 heterocycles. The average molecular weight is 503 g/mol. The summed E-state index contributed by atoms with van der Waals surface area (Å²) < 4.78 is 6.09. The van der Waals surface area contributed by atoms with Gasteiger partial charge in [0.2, 0.25) is 5.91 Å². The second kappa shape index (κ2) is 9.67. The summed E-state index contributed by atoms with van der Waals surface area (Å²) in [5.41, 5.74) is 3.07. The maximum atomic E-state index is 13.2. The number of nitrogens with zero attached hydrogens (tertiary/aromatic N) is 4. The number of methoxy groups -OCH3 is 1. The number of fused-ring (bicyclic) bond motifs is 3. The maximum Gasteiger partial charge on any atom is 0.339 e. The van der Waals surface area contributed by atoms with Crippen LogP contribution in [0.3, 0.4) is 0 Å². The molecular weight excluding hydrogens is 472 g/mol. The zero-order valence-corrected chi connectivity index (χ0v) is 21.2. The van der Waals surface area contributed by atoms with Crippen LogP contribution in [0.4, 0.5) is 5.82 Å². The van der Waals surface area contributed by atoms with E-state index in [0.29, 0.717) is 30.7 Å². The largest absolute Gasteiger partial charge is 0.465 e. The van der Waals surface area contributed by atoms with Gasteiger partial charge in [0, 0.05) is 49.2 Å².